The van der Waals surface area contributed by atoms with Crippen LogP contribution in [0.1, 0.15) is 23.2 Å². The van der Waals surface area contributed by atoms with Gasteiger partial charge in [-0.25, -0.2) is 0 Å². The normalized spacial score (nSPS) is 13.7. The van der Waals surface area contributed by atoms with Gasteiger partial charge in [-0.3, -0.25) is 4.79 Å². The minimum absolute atomic E-state index is 0.0665. The largest absolute Gasteiger partial charge is 0.310 e. The first-order chi connectivity index (χ1) is 10.1. The monoisotopic (exact) mass is 327 g/mol. The van der Waals surface area contributed by atoms with Crippen molar-refractivity contribution in [3.63, 3.8) is 0 Å². The maximum atomic E-state index is 12.6. The molecule has 0 radical (unpaired) electrons. The van der Waals surface area contributed by atoms with Crippen LogP contribution in [0, 0.1) is 22.9 Å². The second kappa shape index (κ2) is 5.95. The van der Waals surface area contributed by atoms with Gasteiger partial charge in [0.05, 0.1) is 5.56 Å². The molecule has 0 saturated heterocycles. The molecule has 0 spiro atoms. The molecule has 0 bridgehead atoms. The van der Waals surface area contributed by atoms with E-state index >= 15 is 0 Å². The summed E-state index contributed by atoms with van der Waals surface area (Å²) in [6.07, 6.45) is 1.98. The summed E-state index contributed by atoms with van der Waals surface area (Å²) in [5.41, 5.74) is 9.53. The molecule has 22 heavy (non-hydrogen) atoms. The predicted octanol–water partition coefficient (Wildman–Crippen LogP) is 3.25. The molecule has 1 aliphatic heterocycles. The van der Waals surface area contributed by atoms with Crippen molar-refractivity contribution in [1.82, 2.24) is 4.57 Å². The van der Waals surface area contributed by atoms with Crippen LogP contribution in [-0.2, 0) is 13.0 Å². The van der Waals surface area contributed by atoms with E-state index in [4.69, 9.17) is 0 Å². The van der Waals surface area contributed by atoms with Gasteiger partial charge in [0.1, 0.15) is 16.1 Å². The van der Waals surface area contributed by atoms with E-state index in [2.05, 4.69) is 62.2 Å². The summed E-state index contributed by atoms with van der Waals surface area (Å²) >= 11 is 0. The minimum atomic E-state index is -1.49. The van der Waals surface area contributed by atoms with Gasteiger partial charge in [-0.1, -0.05) is 51.1 Å². The molecular weight excluding hydrogens is 302 g/mol. The number of nitrogens with zero attached hydrogens (tertiary/aromatic N) is 1. The Morgan fingerprint density at radius 2 is 1.50 bits per heavy atom. The molecule has 0 unspecified atom stereocenters. The Labute approximate surface area is 136 Å². The van der Waals surface area contributed by atoms with E-state index in [1.807, 2.05) is 10.6 Å². The average Bonchev–Trinajstić information content (AvgIpc) is 2.84. The first-order valence-electron chi connectivity index (χ1n) is 7.90. The molecule has 2 nitrogen and oxygen atoms in total. The summed E-state index contributed by atoms with van der Waals surface area (Å²) < 4.78 is 1.89. The van der Waals surface area contributed by atoms with E-state index < -0.39 is 16.1 Å². The van der Waals surface area contributed by atoms with E-state index in [1.54, 1.807) is 0 Å². The maximum absolute atomic E-state index is 12.6. The lowest BCUT2D eigenvalue weighted by atomic mass is 10.1. The molecule has 1 aromatic heterocycles. The SMILES string of the molecule is C[Si](C)(C)C#Cc1cc(C#C[Si](C)(C)C)c(=O)n2c1CCC2. The molecule has 2 heterocycles. The van der Waals surface area contributed by atoms with Gasteiger partial charge in [0.2, 0.25) is 0 Å². The third-order valence-electron chi connectivity index (χ3n) is 3.34. The molecule has 0 atom stereocenters. The first kappa shape index (κ1) is 16.9. The Morgan fingerprint density at radius 1 is 0.955 bits per heavy atom. The Morgan fingerprint density at radius 3 is 2.05 bits per heavy atom. The van der Waals surface area contributed by atoms with Gasteiger partial charge >= 0.3 is 0 Å². The molecule has 2 rings (SSSR count). The summed E-state index contributed by atoms with van der Waals surface area (Å²) in [5, 5.41) is 0. The zero-order valence-electron chi connectivity index (χ0n) is 14.6. The molecule has 0 N–H and O–H groups in total. The van der Waals surface area contributed by atoms with Crippen molar-refractivity contribution in [2.75, 3.05) is 0 Å². The van der Waals surface area contributed by atoms with Crippen molar-refractivity contribution in [1.29, 1.82) is 0 Å². The molecule has 0 aliphatic carbocycles. The number of rotatable bonds is 0. The molecular formula is C18H25NOSi2. The van der Waals surface area contributed by atoms with Crippen molar-refractivity contribution in [2.24, 2.45) is 0 Å². The van der Waals surface area contributed by atoms with Crippen LogP contribution in [-0.4, -0.2) is 20.7 Å². The third-order valence-corrected chi connectivity index (χ3v) is 5.09. The Balaban J connectivity index is 2.60. The predicted molar refractivity (Wildman–Crippen MR) is 99.5 cm³/mol. The highest BCUT2D eigenvalue weighted by atomic mass is 28.3. The van der Waals surface area contributed by atoms with E-state index in [1.165, 1.54) is 0 Å². The topological polar surface area (TPSA) is 22.0 Å². The molecule has 0 saturated carbocycles. The van der Waals surface area contributed by atoms with Crippen LogP contribution in [0.15, 0.2) is 10.9 Å². The standard InChI is InChI=1S/C18H25NOSi2/c1-21(2,3)12-9-15-14-16(10-13-22(4,5)6)18(20)19-11-7-8-17(15)19/h14H,7-8,11H2,1-6H3. The molecule has 1 aromatic rings. The number of aromatic nitrogens is 1. The average molecular weight is 328 g/mol. The number of fused-ring (bicyclic) bond motifs is 1. The summed E-state index contributed by atoms with van der Waals surface area (Å²) in [5.74, 6) is 6.49. The highest BCUT2D eigenvalue weighted by Crippen LogP contribution is 2.17. The van der Waals surface area contributed by atoms with Gasteiger partial charge in [-0.2, -0.15) is 0 Å². The fourth-order valence-electron chi connectivity index (χ4n) is 2.32. The third kappa shape index (κ3) is 4.25. The molecule has 116 valence electrons. The molecule has 0 amide bonds. The Bertz CT molecular complexity index is 768. The van der Waals surface area contributed by atoms with Crippen LogP contribution in [0.25, 0.3) is 0 Å². The second-order valence-electron chi connectivity index (χ2n) is 7.98. The Hall–Kier alpha value is -1.50. The molecule has 4 heteroatoms. The lowest BCUT2D eigenvalue weighted by Crippen LogP contribution is -2.24. The minimum Gasteiger partial charge on any atom is -0.310 e. The van der Waals surface area contributed by atoms with Crippen LogP contribution in [0.3, 0.4) is 0 Å². The van der Waals surface area contributed by atoms with Gasteiger partial charge < -0.3 is 4.57 Å². The van der Waals surface area contributed by atoms with Crippen molar-refractivity contribution in [2.45, 2.75) is 58.7 Å². The Kier molecular flexibility index (Phi) is 4.56. The van der Waals surface area contributed by atoms with Gasteiger partial charge in [0.25, 0.3) is 5.56 Å². The number of hydrogen-bond acceptors (Lipinski definition) is 1. The summed E-state index contributed by atoms with van der Waals surface area (Å²) in [6.45, 7) is 14.1. The number of hydrogen-bond donors (Lipinski definition) is 0. The zero-order valence-corrected chi connectivity index (χ0v) is 16.6. The van der Waals surface area contributed by atoms with Gasteiger partial charge in [0.15, 0.2) is 0 Å². The highest BCUT2D eigenvalue weighted by Gasteiger charge is 2.18. The van der Waals surface area contributed by atoms with E-state index in [-0.39, 0.29) is 5.56 Å². The lowest BCUT2D eigenvalue weighted by Gasteiger charge is -2.09. The van der Waals surface area contributed by atoms with Crippen molar-refractivity contribution in [3.8, 4) is 22.9 Å². The molecule has 0 fully saturated rings. The van der Waals surface area contributed by atoms with Crippen LogP contribution >= 0.6 is 0 Å². The van der Waals surface area contributed by atoms with Gasteiger partial charge in [-0.05, 0) is 18.9 Å². The van der Waals surface area contributed by atoms with E-state index in [9.17, 15) is 4.79 Å². The zero-order chi connectivity index (χ0) is 16.5. The van der Waals surface area contributed by atoms with Gasteiger partial charge in [-0.15, -0.1) is 11.1 Å². The fraction of sp³-hybridized carbons (Fsp3) is 0.500. The van der Waals surface area contributed by atoms with Crippen LogP contribution in [0.2, 0.25) is 39.3 Å². The molecule has 1 aliphatic rings. The summed E-state index contributed by atoms with van der Waals surface area (Å²) in [4.78, 5) is 12.6. The van der Waals surface area contributed by atoms with Crippen LogP contribution in [0.5, 0.6) is 0 Å². The number of pyridine rings is 1. The lowest BCUT2D eigenvalue weighted by molar-refractivity contribution is 0.719. The molecule has 0 aromatic carbocycles. The van der Waals surface area contributed by atoms with Crippen molar-refractivity contribution >= 4 is 16.1 Å². The van der Waals surface area contributed by atoms with Gasteiger partial charge in [0, 0.05) is 17.8 Å². The van der Waals surface area contributed by atoms with E-state index in [0.29, 0.717) is 5.56 Å². The van der Waals surface area contributed by atoms with Crippen LogP contribution in [0.4, 0.5) is 0 Å². The summed E-state index contributed by atoms with van der Waals surface area (Å²) in [7, 11) is -2.92. The van der Waals surface area contributed by atoms with Crippen LogP contribution < -0.4 is 5.56 Å². The smallest absolute Gasteiger partial charge is 0.266 e. The second-order valence-corrected chi connectivity index (χ2v) is 17.5. The quantitative estimate of drug-likeness (QED) is 0.529. The van der Waals surface area contributed by atoms with Crippen molar-refractivity contribution < 1.29 is 0 Å². The summed E-state index contributed by atoms with van der Waals surface area (Å²) in [6, 6.07) is 1.93. The van der Waals surface area contributed by atoms with E-state index in [0.717, 1.165) is 30.6 Å². The fourth-order valence-corrected chi connectivity index (χ4v) is 3.34. The first-order valence-corrected chi connectivity index (χ1v) is 14.9. The van der Waals surface area contributed by atoms with Crippen molar-refractivity contribution in [3.05, 3.63) is 33.2 Å². The maximum Gasteiger partial charge on any atom is 0.266 e. The highest BCUT2D eigenvalue weighted by molar-refractivity contribution is 6.84.